The first-order chi connectivity index (χ1) is 13.9. The molecule has 3 heterocycles. The van der Waals surface area contributed by atoms with E-state index in [9.17, 15) is 0 Å². The fraction of sp³-hybridized carbons (Fsp3) is 0.348. The fourth-order valence-corrected chi connectivity index (χ4v) is 4.78. The smallest absolute Gasteiger partial charge is 0.158 e. The highest BCUT2D eigenvalue weighted by Crippen LogP contribution is 2.40. The highest BCUT2D eigenvalue weighted by atomic mass is 32.2. The maximum atomic E-state index is 4.78. The maximum absolute atomic E-state index is 4.78. The summed E-state index contributed by atoms with van der Waals surface area (Å²) in [5.41, 5.74) is 7.13. The quantitative estimate of drug-likeness (QED) is 0.471. The zero-order valence-electron chi connectivity index (χ0n) is 17.2. The van der Waals surface area contributed by atoms with Crippen LogP contribution in [0.5, 0.6) is 0 Å². The van der Waals surface area contributed by atoms with Crippen LogP contribution in [0.1, 0.15) is 43.6 Å². The van der Waals surface area contributed by atoms with Crippen LogP contribution in [0, 0.1) is 5.41 Å². The number of hydrogen-bond donors (Lipinski definition) is 1. The van der Waals surface area contributed by atoms with Crippen LogP contribution in [0.4, 0.5) is 0 Å². The van der Waals surface area contributed by atoms with Crippen molar-refractivity contribution >= 4 is 22.8 Å². The number of pyridine rings is 1. The second-order valence-electron chi connectivity index (χ2n) is 8.72. The van der Waals surface area contributed by atoms with Crippen LogP contribution in [-0.2, 0) is 12.8 Å². The average molecular weight is 404 g/mol. The Morgan fingerprint density at radius 2 is 1.93 bits per heavy atom. The second kappa shape index (κ2) is 6.73. The van der Waals surface area contributed by atoms with E-state index in [-0.39, 0.29) is 6.04 Å². The van der Waals surface area contributed by atoms with Crippen molar-refractivity contribution in [1.82, 2.24) is 25.0 Å². The monoisotopic (exact) mass is 403 g/mol. The number of H-pyrrole nitrogens is 1. The molecule has 1 aliphatic carbocycles. The molecule has 5 rings (SSSR count). The molecule has 0 spiro atoms. The lowest BCUT2D eigenvalue weighted by Gasteiger charge is -2.15. The highest BCUT2D eigenvalue weighted by molar-refractivity contribution is 7.98. The van der Waals surface area contributed by atoms with Gasteiger partial charge in [-0.3, -0.25) is 5.10 Å². The Morgan fingerprint density at radius 3 is 2.69 bits per heavy atom. The molecule has 148 valence electrons. The van der Waals surface area contributed by atoms with Gasteiger partial charge >= 0.3 is 0 Å². The molecule has 0 saturated heterocycles. The van der Waals surface area contributed by atoms with E-state index in [1.165, 1.54) is 21.7 Å². The van der Waals surface area contributed by atoms with E-state index in [1.54, 1.807) is 11.8 Å². The molecule has 0 saturated carbocycles. The zero-order chi connectivity index (χ0) is 20.2. The molecule has 1 unspecified atom stereocenters. The fourth-order valence-electron chi connectivity index (χ4n) is 4.37. The lowest BCUT2D eigenvalue weighted by Crippen LogP contribution is -2.11. The predicted octanol–water partition coefficient (Wildman–Crippen LogP) is 5.28. The minimum absolute atomic E-state index is 0.122. The van der Waals surface area contributed by atoms with Gasteiger partial charge in [-0.25, -0.2) is 9.67 Å². The summed E-state index contributed by atoms with van der Waals surface area (Å²) in [6.45, 7) is 6.78. The van der Waals surface area contributed by atoms with Crippen molar-refractivity contribution in [1.29, 1.82) is 0 Å². The number of aromatic nitrogens is 5. The van der Waals surface area contributed by atoms with Crippen molar-refractivity contribution in [2.24, 2.45) is 5.41 Å². The molecule has 0 radical (unpaired) electrons. The van der Waals surface area contributed by atoms with Gasteiger partial charge in [-0.15, -0.1) is 11.8 Å². The predicted molar refractivity (Wildman–Crippen MR) is 118 cm³/mol. The molecule has 0 fully saturated rings. The molecule has 1 N–H and O–H groups in total. The van der Waals surface area contributed by atoms with Gasteiger partial charge in [0.25, 0.3) is 0 Å². The van der Waals surface area contributed by atoms with E-state index in [0.717, 1.165) is 35.1 Å². The number of fused-ring (bicyclic) bond motifs is 2. The molecule has 1 aromatic carbocycles. The number of rotatable bonds is 4. The molecule has 6 heteroatoms. The third kappa shape index (κ3) is 3.15. The van der Waals surface area contributed by atoms with E-state index in [2.05, 4.69) is 72.7 Å². The van der Waals surface area contributed by atoms with Gasteiger partial charge < -0.3 is 0 Å². The summed E-state index contributed by atoms with van der Waals surface area (Å²) in [6, 6.07) is 11.0. The zero-order valence-corrected chi connectivity index (χ0v) is 18.0. The van der Waals surface area contributed by atoms with Gasteiger partial charge in [-0.05, 0) is 55.2 Å². The van der Waals surface area contributed by atoms with E-state index < -0.39 is 0 Å². The highest BCUT2D eigenvalue weighted by Gasteiger charge is 2.32. The van der Waals surface area contributed by atoms with Crippen molar-refractivity contribution in [3.8, 4) is 11.3 Å². The Bertz CT molecular complexity index is 1190. The summed E-state index contributed by atoms with van der Waals surface area (Å²) in [6.07, 6.45) is 8.04. The molecule has 3 aromatic heterocycles. The first-order valence-electron chi connectivity index (χ1n) is 9.99. The standard InChI is InChI=1S/C23H25N5S/c1-14(15-5-7-18(29-4)8-6-15)28-22-17(13-25-28)9-16(12-24-22)21-19-10-23(2,3)11-20(19)26-27-21/h5-9,12-14H,10-11H2,1-4H3,(H,26,27). The van der Waals surface area contributed by atoms with Crippen LogP contribution in [0.15, 0.2) is 47.6 Å². The third-order valence-electron chi connectivity index (χ3n) is 5.94. The van der Waals surface area contributed by atoms with E-state index >= 15 is 0 Å². The van der Waals surface area contributed by atoms with E-state index in [1.807, 2.05) is 17.1 Å². The van der Waals surface area contributed by atoms with Gasteiger partial charge in [-0.2, -0.15) is 10.2 Å². The Kier molecular flexibility index (Phi) is 4.28. The van der Waals surface area contributed by atoms with Crippen LogP contribution in [-0.4, -0.2) is 31.2 Å². The number of thioether (sulfide) groups is 1. The molecular weight excluding hydrogens is 378 g/mol. The van der Waals surface area contributed by atoms with Crippen LogP contribution in [0.3, 0.4) is 0 Å². The van der Waals surface area contributed by atoms with Gasteiger partial charge in [0.1, 0.15) is 0 Å². The molecule has 1 atom stereocenters. The molecule has 0 amide bonds. The van der Waals surface area contributed by atoms with Crippen LogP contribution < -0.4 is 0 Å². The summed E-state index contributed by atoms with van der Waals surface area (Å²) in [7, 11) is 0. The van der Waals surface area contributed by atoms with Crippen molar-refractivity contribution in [3.63, 3.8) is 0 Å². The molecule has 1 aliphatic rings. The summed E-state index contributed by atoms with van der Waals surface area (Å²) in [4.78, 5) is 6.05. The van der Waals surface area contributed by atoms with Crippen LogP contribution >= 0.6 is 11.8 Å². The number of hydrogen-bond acceptors (Lipinski definition) is 4. The lowest BCUT2D eigenvalue weighted by atomic mass is 9.90. The first-order valence-corrected chi connectivity index (χ1v) is 11.2. The Balaban J connectivity index is 1.49. The SMILES string of the molecule is CSc1ccc(C(C)n2ncc3cc(-c4n[nH]c5c4CC(C)(C)C5)cnc32)cc1. The number of nitrogens with one attached hydrogen (secondary N) is 1. The van der Waals surface area contributed by atoms with E-state index in [4.69, 9.17) is 4.98 Å². The van der Waals surface area contributed by atoms with Crippen molar-refractivity contribution in [2.45, 2.75) is 44.6 Å². The minimum Gasteiger partial charge on any atom is -0.282 e. The molecule has 5 nitrogen and oxygen atoms in total. The summed E-state index contributed by atoms with van der Waals surface area (Å²) in [5.74, 6) is 0. The largest absolute Gasteiger partial charge is 0.282 e. The summed E-state index contributed by atoms with van der Waals surface area (Å²) < 4.78 is 2.01. The first kappa shape index (κ1) is 18.4. The Labute approximate surface area is 174 Å². The maximum Gasteiger partial charge on any atom is 0.158 e. The molecule has 0 bridgehead atoms. The van der Waals surface area contributed by atoms with Crippen molar-refractivity contribution in [2.75, 3.05) is 6.26 Å². The minimum atomic E-state index is 0.122. The third-order valence-corrected chi connectivity index (χ3v) is 6.68. The number of benzene rings is 1. The van der Waals surface area contributed by atoms with Gasteiger partial charge in [0.05, 0.1) is 17.9 Å². The topological polar surface area (TPSA) is 59.4 Å². The van der Waals surface area contributed by atoms with Crippen molar-refractivity contribution < 1.29 is 0 Å². The van der Waals surface area contributed by atoms with E-state index in [0.29, 0.717) is 5.41 Å². The molecule has 0 aliphatic heterocycles. The van der Waals surface area contributed by atoms with Gasteiger partial charge in [-0.1, -0.05) is 26.0 Å². The lowest BCUT2D eigenvalue weighted by molar-refractivity contribution is 0.388. The van der Waals surface area contributed by atoms with Gasteiger partial charge in [0.2, 0.25) is 0 Å². The van der Waals surface area contributed by atoms with Crippen molar-refractivity contribution in [3.05, 3.63) is 59.5 Å². The molecule has 4 aromatic rings. The van der Waals surface area contributed by atoms with Gasteiger partial charge in [0.15, 0.2) is 5.65 Å². The summed E-state index contributed by atoms with van der Waals surface area (Å²) in [5, 5.41) is 13.5. The Hall–Kier alpha value is -2.60. The molecule has 29 heavy (non-hydrogen) atoms. The number of nitrogens with zero attached hydrogens (tertiary/aromatic N) is 4. The normalized spacial score (nSPS) is 16.3. The average Bonchev–Trinajstić information content (AvgIpc) is 3.38. The number of aromatic amines is 1. The Morgan fingerprint density at radius 1 is 1.14 bits per heavy atom. The molecular formula is C23H25N5S. The summed E-state index contributed by atoms with van der Waals surface area (Å²) >= 11 is 1.75. The van der Waals surface area contributed by atoms with Crippen LogP contribution in [0.2, 0.25) is 0 Å². The second-order valence-corrected chi connectivity index (χ2v) is 9.60. The van der Waals surface area contributed by atoms with Gasteiger partial charge in [0, 0.05) is 33.3 Å². The van der Waals surface area contributed by atoms with Crippen LogP contribution in [0.25, 0.3) is 22.3 Å².